The lowest BCUT2D eigenvalue weighted by Crippen LogP contribution is -2.16. The Labute approximate surface area is 150 Å². The fourth-order valence-corrected chi connectivity index (χ4v) is 2.38. The number of methoxy groups -OCH3 is 1. The Hall–Kier alpha value is -3.30. The first-order valence-corrected chi connectivity index (χ1v) is 7.61. The summed E-state index contributed by atoms with van der Waals surface area (Å²) in [5, 5.41) is 2.86. The van der Waals surface area contributed by atoms with Crippen LogP contribution in [-0.4, -0.2) is 29.4 Å². The van der Waals surface area contributed by atoms with Gasteiger partial charge in [-0.3, -0.25) is 4.79 Å². The number of alkyl halides is 3. The zero-order chi connectivity index (χ0) is 19.6. The molecule has 1 heterocycles. The van der Waals surface area contributed by atoms with Gasteiger partial charge in [-0.1, -0.05) is 0 Å². The highest BCUT2D eigenvalue weighted by Gasteiger charge is 2.30. The van der Waals surface area contributed by atoms with Gasteiger partial charge in [0.25, 0.3) is 0 Å². The summed E-state index contributed by atoms with van der Waals surface area (Å²) < 4.78 is 58.8. The van der Waals surface area contributed by atoms with Crippen LogP contribution in [0.3, 0.4) is 0 Å². The van der Waals surface area contributed by atoms with Crippen molar-refractivity contribution in [1.82, 2.24) is 9.97 Å². The van der Waals surface area contributed by atoms with Crippen molar-refractivity contribution in [3.05, 3.63) is 47.8 Å². The minimum absolute atomic E-state index is 0.151. The Morgan fingerprint density at radius 2 is 1.93 bits per heavy atom. The molecule has 0 aliphatic heterocycles. The average Bonchev–Trinajstić information content (AvgIpc) is 2.96. The number of nitrogens with one attached hydrogen (secondary N) is 2. The summed E-state index contributed by atoms with van der Waals surface area (Å²) in [5.74, 6) is -1.27. The van der Waals surface area contributed by atoms with Crippen LogP contribution in [0.2, 0.25) is 0 Å². The van der Waals surface area contributed by atoms with Crippen molar-refractivity contribution in [2.45, 2.75) is 12.8 Å². The number of benzene rings is 2. The van der Waals surface area contributed by atoms with Gasteiger partial charge in [-0.2, -0.15) is 0 Å². The van der Waals surface area contributed by atoms with E-state index in [1.807, 2.05) is 0 Å². The molecule has 2 aromatic carbocycles. The summed E-state index contributed by atoms with van der Waals surface area (Å²) in [7, 11) is 1.21. The molecule has 0 unspecified atom stereocenters. The first-order valence-electron chi connectivity index (χ1n) is 7.61. The van der Waals surface area contributed by atoms with Crippen molar-refractivity contribution in [3.8, 4) is 5.75 Å². The lowest BCUT2D eigenvalue weighted by atomic mass is 10.1. The second-order valence-corrected chi connectivity index (χ2v) is 5.50. The summed E-state index contributed by atoms with van der Waals surface area (Å²) in [6.45, 7) is 0. The fourth-order valence-electron chi connectivity index (χ4n) is 2.38. The molecule has 27 heavy (non-hydrogen) atoms. The third-order valence-electron chi connectivity index (χ3n) is 3.56. The predicted molar refractivity (Wildman–Crippen MR) is 88.2 cm³/mol. The zero-order valence-corrected chi connectivity index (χ0v) is 13.9. The van der Waals surface area contributed by atoms with Gasteiger partial charge in [0.1, 0.15) is 11.6 Å². The van der Waals surface area contributed by atoms with Crippen molar-refractivity contribution in [3.63, 3.8) is 0 Å². The maximum atomic E-state index is 14.0. The number of ether oxygens (including phenoxy) is 2. The number of halogens is 4. The molecule has 0 saturated heterocycles. The molecule has 0 atom stereocenters. The Kier molecular flexibility index (Phi) is 4.89. The molecule has 0 saturated carbocycles. The maximum absolute atomic E-state index is 14.0. The molecule has 2 N–H and O–H groups in total. The normalized spacial score (nSPS) is 11.4. The van der Waals surface area contributed by atoms with Gasteiger partial charge in [0, 0.05) is 17.3 Å². The van der Waals surface area contributed by atoms with E-state index in [1.165, 1.54) is 31.4 Å². The summed E-state index contributed by atoms with van der Waals surface area (Å²) in [5.41, 5.74) is 1.40. The van der Waals surface area contributed by atoms with Crippen LogP contribution >= 0.6 is 0 Å². The number of hydrogen-bond donors (Lipinski definition) is 2. The molecule has 0 aliphatic carbocycles. The topological polar surface area (TPSA) is 76.2 Å². The first-order chi connectivity index (χ1) is 12.7. The van der Waals surface area contributed by atoms with Crippen molar-refractivity contribution in [1.29, 1.82) is 0 Å². The molecule has 0 spiro atoms. The number of H-pyrrole nitrogens is 1. The first kappa shape index (κ1) is 18.5. The summed E-state index contributed by atoms with van der Waals surface area (Å²) >= 11 is 0. The third-order valence-corrected chi connectivity index (χ3v) is 3.56. The minimum Gasteiger partial charge on any atom is -0.469 e. The highest BCUT2D eigenvalue weighted by atomic mass is 19.4. The van der Waals surface area contributed by atoms with Crippen LogP contribution in [0, 0.1) is 5.82 Å². The standard InChI is InChI=1S/C17H13F4N3O3/c1-26-15(25)7-9-6-13-14(8-12(9)18)24-16(23-13)22-10-2-4-11(5-3-10)27-17(19,20)21/h2-6,8H,7H2,1H3,(H2,22,23,24). The number of hydrogen-bond acceptors (Lipinski definition) is 5. The molecule has 0 aliphatic rings. The molecule has 0 fully saturated rings. The quantitative estimate of drug-likeness (QED) is 0.513. The van der Waals surface area contributed by atoms with Crippen molar-refractivity contribution in [2.24, 2.45) is 0 Å². The van der Waals surface area contributed by atoms with Gasteiger partial charge in [-0.15, -0.1) is 13.2 Å². The number of fused-ring (bicyclic) bond motifs is 1. The molecule has 6 nitrogen and oxygen atoms in total. The lowest BCUT2D eigenvalue weighted by molar-refractivity contribution is -0.274. The molecule has 1 aromatic heterocycles. The van der Waals surface area contributed by atoms with Crippen molar-refractivity contribution in [2.75, 3.05) is 12.4 Å². The monoisotopic (exact) mass is 383 g/mol. The number of aromatic amines is 1. The molecule has 0 radical (unpaired) electrons. The van der Waals surface area contributed by atoms with Gasteiger partial charge >= 0.3 is 12.3 Å². The second-order valence-electron chi connectivity index (χ2n) is 5.50. The number of aromatic nitrogens is 2. The smallest absolute Gasteiger partial charge is 0.469 e. The molecular weight excluding hydrogens is 370 g/mol. The van der Waals surface area contributed by atoms with Gasteiger partial charge in [0.2, 0.25) is 5.95 Å². The predicted octanol–water partition coefficient (Wildman–Crippen LogP) is 4.06. The van der Waals surface area contributed by atoms with Crippen LogP contribution in [0.1, 0.15) is 5.56 Å². The summed E-state index contributed by atoms with van der Waals surface area (Å²) in [6.07, 6.45) is -4.99. The van der Waals surface area contributed by atoms with E-state index in [-0.39, 0.29) is 23.7 Å². The summed E-state index contributed by atoms with van der Waals surface area (Å²) in [4.78, 5) is 18.4. The van der Waals surface area contributed by atoms with Crippen LogP contribution in [0.25, 0.3) is 11.0 Å². The van der Waals surface area contributed by atoms with Gasteiger partial charge in [-0.05, 0) is 30.3 Å². The van der Waals surface area contributed by atoms with E-state index in [9.17, 15) is 22.4 Å². The minimum atomic E-state index is -4.76. The number of carbonyl (C=O) groups is 1. The van der Waals surface area contributed by atoms with Crippen LogP contribution in [0.4, 0.5) is 29.2 Å². The summed E-state index contributed by atoms with van der Waals surface area (Å²) in [6, 6.07) is 7.66. The van der Waals surface area contributed by atoms with Crippen LogP contribution in [-0.2, 0) is 16.0 Å². The number of anilines is 2. The van der Waals surface area contributed by atoms with Crippen molar-refractivity contribution < 1.29 is 31.8 Å². The Morgan fingerprint density at radius 1 is 1.22 bits per heavy atom. The number of imidazole rings is 1. The van der Waals surface area contributed by atoms with Gasteiger partial charge in [0.05, 0.1) is 24.6 Å². The fraction of sp³-hybridized carbons (Fsp3) is 0.176. The van der Waals surface area contributed by atoms with Crippen molar-refractivity contribution >= 4 is 28.6 Å². The highest BCUT2D eigenvalue weighted by molar-refractivity contribution is 5.81. The molecule has 0 amide bonds. The van der Waals surface area contributed by atoms with E-state index in [0.717, 1.165) is 12.1 Å². The third kappa shape index (κ3) is 4.66. The number of nitrogens with zero attached hydrogens (tertiary/aromatic N) is 1. The van der Waals surface area contributed by atoms with Gasteiger partial charge in [0.15, 0.2) is 0 Å². The maximum Gasteiger partial charge on any atom is 0.573 e. The molecule has 3 rings (SSSR count). The van der Waals surface area contributed by atoms with Gasteiger partial charge < -0.3 is 19.8 Å². The van der Waals surface area contributed by atoms with E-state index >= 15 is 0 Å². The highest BCUT2D eigenvalue weighted by Crippen LogP contribution is 2.26. The number of carbonyl (C=O) groups excluding carboxylic acids is 1. The van der Waals surface area contributed by atoms with E-state index in [0.29, 0.717) is 16.7 Å². The van der Waals surface area contributed by atoms with E-state index in [4.69, 9.17) is 0 Å². The Bertz CT molecular complexity index is 968. The number of rotatable bonds is 5. The molecule has 3 aromatic rings. The van der Waals surface area contributed by atoms with E-state index in [1.54, 1.807) is 0 Å². The zero-order valence-electron chi connectivity index (χ0n) is 13.9. The van der Waals surface area contributed by atoms with Crippen LogP contribution in [0.15, 0.2) is 36.4 Å². The Morgan fingerprint density at radius 3 is 2.56 bits per heavy atom. The second kappa shape index (κ2) is 7.14. The average molecular weight is 383 g/mol. The largest absolute Gasteiger partial charge is 0.573 e. The van der Waals surface area contributed by atoms with Crippen LogP contribution in [0.5, 0.6) is 5.75 Å². The van der Waals surface area contributed by atoms with Gasteiger partial charge in [-0.25, -0.2) is 9.37 Å². The lowest BCUT2D eigenvalue weighted by Gasteiger charge is -2.09. The molecule has 10 heteroatoms. The molecule has 0 bridgehead atoms. The molecular formula is C17H13F4N3O3. The molecule has 142 valence electrons. The Balaban J connectivity index is 1.78. The van der Waals surface area contributed by atoms with E-state index in [2.05, 4.69) is 24.8 Å². The van der Waals surface area contributed by atoms with Crippen LogP contribution < -0.4 is 10.1 Å². The SMILES string of the molecule is COC(=O)Cc1cc2[nH]c(Nc3ccc(OC(F)(F)F)cc3)nc2cc1F. The van der Waals surface area contributed by atoms with E-state index < -0.39 is 18.1 Å². The number of esters is 1.